The maximum Gasteiger partial charge on any atom is 0.451 e. The Balaban J connectivity index is 1.48. The van der Waals surface area contributed by atoms with Crippen molar-refractivity contribution in [3.05, 3.63) is 30.1 Å². The summed E-state index contributed by atoms with van der Waals surface area (Å²) in [6.45, 7) is 1.53. The third-order valence-corrected chi connectivity index (χ3v) is 6.77. The molecule has 1 aromatic carbocycles. The molecule has 1 aromatic heterocycles. The minimum atomic E-state index is -4.62. The Bertz CT molecular complexity index is 873. The normalized spacial score (nSPS) is 22.9. The summed E-state index contributed by atoms with van der Waals surface area (Å²) in [6, 6.07) is 6.60. The summed E-state index contributed by atoms with van der Waals surface area (Å²) >= 11 is 1.07. The molecule has 0 bridgehead atoms. The van der Waals surface area contributed by atoms with Gasteiger partial charge in [0.1, 0.15) is 5.03 Å². The highest BCUT2D eigenvalue weighted by Gasteiger charge is 2.36. The van der Waals surface area contributed by atoms with Crippen molar-refractivity contribution in [1.29, 1.82) is 0 Å². The highest BCUT2D eigenvalue weighted by molar-refractivity contribution is 8.00. The summed E-state index contributed by atoms with van der Waals surface area (Å²) < 4.78 is 39.4. The molecule has 0 unspecified atom stereocenters. The zero-order valence-corrected chi connectivity index (χ0v) is 16.2. The average Bonchev–Trinajstić information content (AvgIpc) is 2.70. The van der Waals surface area contributed by atoms with Crippen molar-refractivity contribution < 1.29 is 18.0 Å². The molecule has 4 rings (SSSR count). The minimum Gasteiger partial charge on any atom is -0.342 e. The smallest absolute Gasteiger partial charge is 0.342 e. The summed E-state index contributed by atoms with van der Waals surface area (Å²) in [5.74, 6) is 0.212. The van der Waals surface area contributed by atoms with Crippen LogP contribution in [0.2, 0.25) is 0 Å². The van der Waals surface area contributed by atoms with E-state index in [1.165, 1.54) is 31.7 Å². The summed E-state index contributed by atoms with van der Waals surface area (Å²) in [7, 11) is 0. The van der Waals surface area contributed by atoms with Gasteiger partial charge in [-0.3, -0.25) is 4.79 Å². The van der Waals surface area contributed by atoms with Gasteiger partial charge in [0.25, 0.3) is 0 Å². The number of alkyl halides is 3. The number of carbonyl (C=O) groups is 1. The number of para-hydroxylation sites is 1. The quantitative estimate of drug-likeness (QED) is 0.541. The number of fused-ring (bicyclic) bond motifs is 2. The van der Waals surface area contributed by atoms with Crippen LogP contribution >= 0.6 is 11.8 Å². The second-order valence-electron chi connectivity index (χ2n) is 7.59. The minimum absolute atomic E-state index is 0.0229. The number of halogens is 3. The number of thioether (sulfide) groups is 1. The fourth-order valence-corrected chi connectivity index (χ4v) is 5.25. The van der Waals surface area contributed by atoms with Crippen LogP contribution in [0.15, 0.2) is 29.3 Å². The number of benzene rings is 1. The predicted octanol–water partition coefficient (Wildman–Crippen LogP) is 4.78. The lowest BCUT2D eigenvalue weighted by atomic mass is 9.75. The Morgan fingerprint density at radius 2 is 1.86 bits per heavy atom. The molecule has 2 aliphatic rings. The third kappa shape index (κ3) is 4.11. The van der Waals surface area contributed by atoms with E-state index in [1.807, 2.05) is 4.90 Å². The van der Waals surface area contributed by atoms with Gasteiger partial charge in [0.05, 0.1) is 11.3 Å². The number of aromatic nitrogens is 2. The average molecular weight is 409 g/mol. The first kappa shape index (κ1) is 19.5. The van der Waals surface area contributed by atoms with Gasteiger partial charge in [0.2, 0.25) is 11.7 Å². The zero-order chi connectivity index (χ0) is 19.7. The van der Waals surface area contributed by atoms with Gasteiger partial charge in [-0.25, -0.2) is 9.97 Å². The van der Waals surface area contributed by atoms with E-state index >= 15 is 0 Å². The van der Waals surface area contributed by atoms with Crippen LogP contribution in [-0.4, -0.2) is 39.6 Å². The van der Waals surface area contributed by atoms with E-state index in [0.717, 1.165) is 37.2 Å². The lowest BCUT2D eigenvalue weighted by molar-refractivity contribution is -0.145. The van der Waals surface area contributed by atoms with Gasteiger partial charge in [-0.1, -0.05) is 49.2 Å². The molecule has 150 valence electrons. The van der Waals surface area contributed by atoms with Gasteiger partial charge in [0.15, 0.2) is 0 Å². The molecule has 2 fully saturated rings. The highest BCUT2D eigenvalue weighted by Crippen LogP contribution is 2.37. The van der Waals surface area contributed by atoms with Gasteiger partial charge >= 0.3 is 6.18 Å². The Morgan fingerprint density at radius 1 is 1.11 bits per heavy atom. The van der Waals surface area contributed by atoms with Crippen molar-refractivity contribution in [3.63, 3.8) is 0 Å². The van der Waals surface area contributed by atoms with E-state index in [-0.39, 0.29) is 22.2 Å². The number of carbonyl (C=O) groups excluding carboxylic acids is 1. The standard InChI is InChI=1S/C20H22F3N3OS/c21-20(22,23)19-24-16-8-4-3-7-15(16)18(25-19)28-12-17(27)26-10-9-13-5-1-2-6-14(13)11-26/h3-4,7-8,13-14H,1-2,5-6,9-12H2/t13-,14-/m1/s1. The number of hydrogen-bond acceptors (Lipinski definition) is 4. The molecule has 2 heterocycles. The van der Waals surface area contributed by atoms with E-state index < -0.39 is 12.0 Å². The van der Waals surface area contributed by atoms with Crippen molar-refractivity contribution in [3.8, 4) is 0 Å². The molecule has 0 N–H and O–H groups in total. The fraction of sp³-hybridized carbons (Fsp3) is 0.550. The highest BCUT2D eigenvalue weighted by atomic mass is 32.2. The van der Waals surface area contributed by atoms with Crippen LogP contribution in [0.1, 0.15) is 37.9 Å². The van der Waals surface area contributed by atoms with E-state index in [9.17, 15) is 18.0 Å². The van der Waals surface area contributed by atoms with E-state index in [2.05, 4.69) is 9.97 Å². The Hall–Kier alpha value is -1.83. The Labute approximate surface area is 165 Å². The molecular weight excluding hydrogens is 387 g/mol. The molecular formula is C20H22F3N3OS. The zero-order valence-electron chi connectivity index (χ0n) is 15.4. The summed E-state index contributed by atoms with van der Waals surface area (Å²) in [5, 5.41) is 0.748. The number of rotatable bonds is 3. The number of amides is 1. The van der Waals surface area contributed by atoms with Crippen molar-refractivity contribution in [2.24, 2.45) is 11.8 Å². The van der Waals surface area contributed by atoms with Gasteiger partial charge in [-0.2, -0.15) is 13.2 Å². The Kier molecular flexibility index (Phi) is 5.49. The van der Waals surface area contributed by atoms with Crippen molar-refractivity contribution in [1.82, 2.24) is 14.9 Å². The van der Waals surface area contributed by atoms with Gasteiger partial charge in [-0.15, -0.1) is 0 Å². The summed E-state index contributed by atoms with van der Waals surface area (Å²) in [5.41, 5.74) is 0.239. The second-order valence-corrected chi connectivity index (χ2v) is 8.55. The molecule has 1 saturated heterocycles. The third-order valence-electron chi connectivity index (χ3n) is 5.80. The number of nitrogens with zero attached hydrogens (tertiary/aromatic N) is 3. The van der Waals surface area contributed by atoms with Crippen LogP contribution < -0.4 is 0 Å². The molecule has 0 radical (unpaired) electrons. The Morgan fingerprint density at radius 3 is 2.64 bits per heavy atom. The largest absolute Gasteiger partial charge is 0.451 e. The van der Waals surface area contributed by atoms with Crippen LogP contribution in [0.5, 0.6) is 0 Å². The molecule has 8 heteroatoms. The monoisotopic (exact) mass is 409 g/mol. The van der Waals surface area contributed by atoms with Crippen molar-refractivity contribution in [2.45, 2.75) is 43.3 Å². The molecule has 1 amide bonds. The van der Waals surface area contributed by atoms with E-state index in [1.54, 1.807) is 18.2 Å². The topological polar surface area (TPSA) is 46.1 Å². The van der Waals surface area contributed by atoms with Crippen LogP contribution in [0.4, 0.5) is 13.2 Å². The first-order chi connectivity index (χ1) is 13.4. The van der Waals surface area contributed by atoms with Gasteiger partial charge in [-0.05, 0) is 30.7 Å². The molecule has 4 nitrogen and oxygen atoms in total. The first-order valence-electron chi connectivity index (χ1n) is 9.66. The number of likely N-dealkylation sites (tertiary alicyclic amines) is 1. The van der Waals surface area contributed by atoms with Crippen molar-refractivity contribution in [2.75, 3.05) is 18.8 Å². The SMILES string of the molecule is O=C(CSc1nc(C(F)(F)F)nc2ccccc12)N1CC[C@H]2CCCC[C@@H]2C1. The molecule has 28 heavy (non-hydrogen) atoms. The van der Waals surface area contributed by atoms with Gasteiger partial charge < -0.3 is 4.90 Å². The summed E-state index contributed by atoms with van der Waals surface area (Å²) in [4.78, 5) is 21.9. The molecule has 1 aliphatic heterocycles. The summed E-state index contributed by atoms with van der Waals surface area (Å²) in [6.07, 6.45) is 1.36. The van der Waals surface area contributed by atoms with Crippen LogP contribution in [0, 0.1) is 11.8 Å². The fourth-order valence-electron chi connectivity index (χ4n) is 4.33. The van der Waals surface area contributed by atoms with Crippen LogP contribution in [0.25, 0.3) is 10.9 Å². The van der Waals surface area contributed by atoms with Crippen LogP contribution in [0.3, 0.4) is 0 Å². The number of hydrogen-bond donors (Lipinski definition) is 0. The second kappa shape index (κ2) is 7.89. The molecule has 2 atom stereocenters. The number of piperidine rings is 1. The molecule has 1 saturated carbocycles. The lowest BCUT2D eigenvalue weighted by Gasteiger charge is -2.41. The molecule has 1 aliphatic carbocycles. The van der Waals surface area contributed by atoms with Crippen LogP contribution in [-0.2, 0) is 11.0 Å². The van der Waals surface area contributed by atoms with Gasteiger partial charge in [0, 0.05) is 18.5 Å². The first-order valence-corrected chi connectivity index (χ1v) is 10.6. The lowest BCUT2D eigenvalue weighted by Crippen LogP contribution is -2.45. The molecule has 0 spiro atoms. The maximum absolute atomic E-state index is 13.1. The predicted molar refractivity (Wildman–Crippen MR) is 102 cm³/mol. The maximum atomic E-state index is 13.1. The molecule has 2 aromatic rings. The van der Waals surface area contributed by atoms with E-state index in [4.69, 9.17) is 0 Å². The van der Waals surface area contributed by atoms with E-state index in [0.29, 0.717) is 11.3 Å². The van der Waals surface area contributed by atoms with Crippen molar-refractivity contribution >= 4 is 28.6 Å².